The van der Waals surface area contributed by atoms with E-state index in [-0.39, 0.29) is 0 Å². The lowest BCUT2D eigenvalue weighted by molar-refractivity contribution is 0.580. The quantitative estimate of drug-likeness (QED) is 0.753. The van der Waals surface area contributed by atoms with Crippen molar-refractivity contribution in [3.05, 3.63) is 44.9 Å². The van der Waals surface area contributed by atoms with Gasteiger partial charge in [-0.2, -0.15) is 0 Å². The summed E-state index contributed by atoms with van der Waals surface area (Å²) < 4.78 is 2.22. The van der Waals surface area contributed by atoms with E-state index in [9.17, 15) is 0 Å². The number of hydrogen-bond donors (Lipinski definition) is 1. The Kier molecular flexibility index (Phi) is 5.73. The Morgan fingerprint density at radius 2 is 2.12 bits per heavy atom. The van der Waals surface area contributed by atoms with Crippen molar-refractivity contribution in [2.45, 2.75) is 25.8 Å². The van der Waals surface area contributed by atoms with Crippen molar-refractivity contribution in [1.29, 1.82) is 0 Å². The van der Waals surface area contributed by atoms with E-state index >= 15 is 0 Å². The molecule has 1 N–H and O–H groups in total. The van der Waals surface area contributed by atoms with Crippen LogP contribution in [0.5, 0.6) is 0 Å². The molecule has 1 unspecified atom stereocenters. The molecule has 0 saturated carbocycles. The molecule has 0 aliphatic heterocycles. The summed E-state index contributed by atoms with van der Waals surface area (Å²) >= 11 is 7.06. The van der Waals surface area contributed by atoms with E-state index in [1.165, 1.54) is 11.1 Å². The molecule has 1 atom stereocenters. The lowest BCUT2D eigenvalue weighted by Crippen LogP contribution is -2.17. The summed E-state index contributed by atoms with van der Waals surface area (Å²) in [5.41, 5.74) is 2.55. The fraction of sp³-hybridized carbons (Fsp3) is 0.385. The highest BCUT2D eigenvalue weighted by molar-refractivity contribution is 9.11. The number of nitrogens with one attached hydrogen (secondary N) is 1. The van der Waals surface area contributed by atoms with Gasteiger partial charge >= 0.3 is 0 Å². The average Bonchev–Trinajstić information content (AvgIpc) is 2.26. The van der Waals surface area contributed by atoms with E-state index in [0.29, 0.717) is 6.04 Å². The number of halogens is 2. The van der Waals surface area contributed by atoms with Gasteiger partial charge in [-0.15, -0.1) is 0 Å². The molecule has 88 valence electrons. The first-order valence-corrected chi connectivity index (χ1v) is 6.96. The van der Waals surface area contributed by atoms with Crippen LogP contribution in [0.1, 0.15) is 31.4 Å². The van der Waals surface area contributed by atoms with Crippen molar-refractivity contribution in [1.82, 2.24) is 5.32 Å². The van der Waals surface area contributed by atoms with E-state index in [0.717, 1.165) is 21.8 Å². The summed E-state index contributed by atoms with van der Waals surface area (Å²) in [5, 5.41) is 3.34. The molecule has 0 aliphatic carbocycles. The van der Waals surface area contributed by atoms with Crippen molar-refractivity contribution in [2.75, 3.05) is 7.05 Å². The van der Waals surface area contributed by atoms with Gasteiger partial charge in [-0.1, -0.05) is 57.0 Å². The van der Waals surface area contributed by atoms with Gasteiger partial charge in [-0.05, 0) is 37.6 Å². The van der Waals surface area contributed by atoms with Crippen LogP contribution in [-0.2, 0) is 0 Å². The van der Waals surface area contributed by atoms with E-state index in [4.69, 9.17) is 0 Å². The van der Waals surface area contributed by atoms with Gasteiger partial charge in [0.15, 0.2) is 0 Å². The minimum absolute atomic E-state index is 0.329. The Morgan fingerprint density at radius 1 is 1.44 bits per heavy atom. The second kappa shape index (κ2) is 6.58. The van der Waals surface area contributed by atoms with E-state index < -0.39 is 0 Å². The summed E-state index contributed by atoms with van der Waals surface area (Å²) in [4.78, 5) is 0. The molecule has 1 aromatic carbocycles. The second-order valence-electron chi connectivity index (χ2n) is 3.81. The number of hydrogen-bond acceptors (Lipinski definition) is 1. The van der Waals surface area contributed by atoms with Crippen LogP contribution < -0.4 is 5.32 Å². The predicted molar refractivity (Wildman–Crippen MR) is 77.7 cm³/mol. The Hall–Kier alpha value is -0.120. The van der Waals surface area contributed by atoms with Crippen LogP contribution in [0.4, 0.5) is 0 Å². The minimum atomic E-state index is 0.329. The lowest BCUT2D eigenvalue weighted by Gasteiger charge is -2.19. The summed E-state index contributed by atoms with van der Waals surface area (Å²) in [5.74, 6) is 0. The molecule has 3 heteroatoms. The largest absolute Gasteiger partial charge is 0.313 e. The molecule has 0 aliphatic rings. The summed E-state index contributed by atoms with van der Waals surface area (Å²) in [6.07, 6.45) is 2.01. The number of rotatable bonds is 5. The molecule has 1 aromatic rings. The summed E-state index contributed by atoms with van der Waals surface area (Å²) in [7, 11) is 1.99. The lowest BCUT2D eigenvalue weighted by atomic mass is 9.99. The highest BCUT2D eigenvalue weighted by Crippen LogP contribution is 2.30. The van der Waals surface area contributed by atoms with Crippen molar-refractivity contribution in [3.8, 4) is 0 Å². The van der Waals surface area contributed by atoms with Gasteiger partial charge in [-0.3, -0.25) is 0 Å². The standard InChI is InChI=1S/C13H17Br2N/c1-4-9(2)7-13(16-3)11-6-5-10(14)8-12(11)15/h5-6,8,13,16H,2,4,7H2,1,3H3. The van der Waals surface area contributed by atoms with Gasteiger partial charge in [0, 0.05) is 15.0 Å². The van der Waals surface area contributed by atoms with Gasteiger partial charge in [0.2, 0.25) is 0 Å². The zero-order valence-corrected chi connectivity index (χ0v) is 12.9. The molecule has 0 radical (unpaired) electrons. The normalized spacial score (nSPS) is 12.5. The van der Waals surface area contributed by atoms with Gasteiger partial charge in [0.25, 0.3) is 0 Å². The Labute approximate surface area is 115 Å². The molecule has 1 nitrogen and oxygen atoms in total. The first kappa shape index (κ1) is 13.9. The highest BCUT2D eigenvalue weighted by Gasteiger charge is 2.13. The van der Waals surface area contributed by atoms with Crippen LogP contribution in [0.3, 0.4) is 0 Å². The maximum Gasteiger partial charge on any atom is 0.0366 e. The van der Waals surface area contributed by atoms with Crippen LogP contribution in [-0.4, -0.2) is 7.05 Å². The minimum Gasteiger partial charge on any atom is -0.313 e. The number of benzene rings is 1. The summed E-state index contributed by atoms with van der Waals surface area (Å²) in [6, 6.07) is 6.61. The first-order valence-electron chi connectivity index (χ1n) is 5.37. The van der Waals surface area contributed by atoms with Crippen LogP contribution >= 0.6 is 31.9 Å². The molecule has 0 fully saturated rings. The first-order chi connectivity index (χ1) is 7.58. The third-order valence-corrected chi connectivity index (χ3v) is 3.86. The van der Waals surface area contributed by atoms with Crippen molar-refractivity contribution in [3.63, 3.8) is 0 Å². The van der Waals surface area contributed by atoms with Crippen LogP contribution in [0.2, 0.25) is 0 Å². The Balaban J connectivity index is 2.90. The maximum atomic E-state index is 4.07. The van der Waals surface area contributed by atoms with E-state index in [2.05, 4.69) is 68.9 Å². The molecule has 0 spiro atoms. The van der Waals surface area contributed by atoms with Crippen molar-refractivity contribution < 1.29 is 0 Å². The molecular formula is C13H17Br2N. The third-order valence-electron chi connectivity index (χ3n) is 2.68. The van der Waals surface area contributed by atoms with Gasteiger partial charge in [0.1, 0.15) is 0 Å². The molecule has 0 amide bonds. The molecule has 1 rings (SSSR count). The zero-order chi connectivity index (χ0) is 12.1. The molecule has 0 aromatic heterocycles. The van der Waals surface area contributed by atoms with Gasteiger partial charge in [0.05, 0.1) is 0 Å². The predicted octanol–water partition coefficient (Wildman–Crippen LogP) is 4.83. The smallest absolute Gasteiger partial charge is 0.0366 e. The molecule has 0 bridgehead atoms. The molecule has 0 heterocycles. The van der Waals surface area contributed by atoms with Crippen molar-refractivity contribution in [2.24, 2.45) is 0 Å². The molecular weight excluding hydrogens is 330 g/mol. The third kappa shape index (κ3) is 3.72. The fourth-order valence-electron chi connectivity index (χ4n) is 1.58. The SMILES string of the molecule is C=C(CC)CC(NC)c1ccc(Br)cc1Br. The molecule has 0 saturated heterocycles. The fourth-order valence-corrected chi connectivity index (χ4v) is 2.91. The van der Waals surface area contributed by atoms with Gasteiger partial charge < -0.3 is 5.32 Å². The monoisotopic (exact) mass is 345 g/mol. The topological polar surface area (TPSA) is 12.0 Å². The van der Waals surface area contributed by atoms with Crippen molar-refractivity contribution >= 4 is 31.9 Å². The van der Waals surface area contributed by atoms with Crippen LogP contribution in [0, 0.1) is 0 Å². The van der Waals surface area contributed by atoms with Gasteiger partial charge in [-0.25, -0.2) is 0 Å². The maximum absolute atomic E-state index is 4.07. The average molecular weight is 347 g/mol. The summed E-state index contributed by atoms with van der Waals surface area (Å²) in [6.45, 7) is 6.21. The Morgan fingerprint density at radius 3 is 2.62 bits per heavy atom. The highest BCUT2D eigenvalue weighted by atomic mass is 79.9. The van der Waals surface area contributed by atoms with E-state index in [1.54, 1.807) is 0 Å². The Bertz CT molecular complexity index is 374. The van der Waals surface area contributed by atoms with Crippen LogP contribution in [0.25, 0.3) is 0 Å². The molecule has 16 heavy (non-hydrogen) atoms. The second-order valence-corrected chi connectivity index (χ2v) is 5.58. The van der Waals surface area contributed by atoms with E-state index in [1.807, 2.05) is 7.05 Å². The van der Waals surface area contributed by atoms with Crippen LogP contribution in [0.15, 0.2) is 39.3 Å². The zero-order valence-electron chi connectivity index (χ0n) is 9.69.